The van der Waals surface area contributed by atoms with E-state index in [2.05, 4.69) is 20.8 Å². The number of aliphatic hydroxyl groups is 2. The topological polar surface area (TPSA) is 40.5 Å². The molecule has 0 aliphatic heterocycles. The van der Waals surface area contributed by atoms with Crippen LogP contribution in [0.5, 0.6) is 0 Å². The smallest absolute Gasteiger partial charge is 0.0905 e. The molecule has 0 rings (SSSR count). The number of hydrogen-bond donors (Lipinski definition) is 2. The van der Waals surface area contributed by atoms with Gasteiger partial charge in [0.05, 0.1) is 11.7 Å². The van der Waals surface area contributed by atoms with Crippen molar-refractivity contribution in [3.63, 3.8) is 0 Å². The van der Waals surface area contributed by atoms with Crippen LogP contribution in [0.3, 0.4) is 0 Å². The van der Waals surface area contributed by atoms with Crippen molar-refractivity contribution in [2.24, 2.45) is 0 Å². The molecule has 1 atom stereocenters. The van der Waals surface area contributed by atoms with Crippen molar-refractivity contribution in [2.45, 2.75) is 219 Å². The number of rotatable bonds is 30. The lowest BCUT2D eigenvalue weighted by Gasteiger charge is -2.34. The van der Waals surface area contributed by atoms with Crippen LogP contribution < -0.4 is 0 Å². The Hall–Kier alpha value is -0.0800. The van der Waals surface area contributed by atoms with Gasteiger partial charge in [-0.1, -0.05) is 188 Å². The summed E-state index contributed by atoms with van der Waals surface area (Å²) in [6.45, 7) is 6.81. The van der Waals surface area contributed by atoms with Crippen LogP contribution in [0.15, 0.2) is 0 Å². The molecule has 2 N–H and O–H groups in total. The third kappa shape index (κ3) is 23.1. The van der Waals surface area contributed by atoms with Crippen LogP contribution >= 0.6 is 0 Å². The molecule has 2 nitrogen and oxygen atoms in total. The van der Waals surface area contributed by atoms with Crippen molar-refractivity contribution in [2.75, 3.05) is 0 Å². The van der Waals surface area contributed by atoms with E-state index < -0.39 is 11.7 Å². The molecule has 0 spiro atoms. The van der Waals surface area contributed by atoms with Crippen molar-refractivity contribution in [1.29, 1.82) is 0 Å². The monoisotopic (exact) mass is 511 g/mol. The van der Waals surface area contributed by atoms with Gasteiger partial charge in [0.25, 0.3) is 0 Å². The highest BCUT2D eigenvalue weighted by molar-refractivity contribution is 4.86. The molecule has 0 aliphatic rings. The Balaban J connectivity index is 4.20. The normalized spacial score (nSPS) is 12.9. The lowest BCUT2D eigenvalue weighted by molar-refractivity contribution is -0.0919. The molecule has 0 saturated carbocycles. The Morgan fingerprint density at radius 3 is 0.944 bits per heavy atom. The second-order valence-corrected chi connectivity index (χ2v) is 12.0. The van der Waals surface area contributed by atoms with Gasteiger partial charge < -0.3 is 10.2 Å². The molecule has 1 unspecified atom stereocenters. The third-order valence-electron chi connectivity index (χ3n) is 8.38. The molecule has 0 fully saturated rings. The summed E-state index contributed by atoms with van der Waals surface area (Å²) in [5.74, 6) is 0. The van der Waals surface area contributed by atoms with Gasteiger partial charge in [-0.15, -0.1) is 0 Å². The summed E-state index contributed by atoms with van der Waals surface area (Å²) >= 11 is 0. The van der Waals surface area contributed by atoms with E-state index in [0.29, 0.717) is 0 Å². The summed E-state index contributed by atoms with van der Waals surface area (Å²) in [4.78, 5) is 0. The Morgan fingerprint density at radius 2 is 0.639 bits per heavy atom. The van der Waals surface area contributed by atoms with E-state index in [1.54, 1.807) is 0 Å². The highest BCUT2D eigenvalue weighted by Gasteiger charge is 2.33. The third-order valence-corrected chi connectivity index (χ3v) is 8.38. The fourth-order valence-electron chi connectivity index (χ4n) is 5.68. The summed E-state index contributed by atoms with van der Waals surface area (Å²) in [7, 11) is 0. The maximum Gasteiger partial charge on any atom is 0.0905 e. The molecule has 0 bridgehead atoms. The first-order valence-electron chi connectivity index (χ1n) is 17.0. The van der Waals surface area contributed by atoms with E-state index in [1.165, 1.54) is 148 Å². The highest BCUT2D eigenvalue weighted by atomic mass is 16.3. The molecule has 0 heterocycles. The van der Waals surface area contributed by atoms with Gasteiger partial charge in [0.15, 0.2) is 0 Å². The molecular weight excluding hydrogens is 440 g/mol. The summed E-state index contributed by atoms with van der Waals surface area (Å²) in [6.07, 6.45) is 35.6. The van der Waals surface area contributed by atoms with Gasteiger partial charge in [0, 0.05) is 0 Å². The maximum absolute atomic E-state index is 11.5. The van der Waals surface area contributed by atoms with Gasteiger partial charge in [-0.2, -0.15) is 0 Å². The zero-order valence-electron chi connectivity index (χ0n) is 25.5. The number of aliphatic hydroxyl groups excluding tert-OH is 1. The molecule has 36 heavy (non-hydrogen) atoms. The molecule has 0 amide bonds. The van der Waals surface area contributed by atoms with Crippen molar-refractivity contribution >= 4 is 0 Å². The zero-order chi connectivity index (χ0) is 26.6. The fourth-order valence-corrected chi connectivity index (χ4v) is 5.68. The fraction of sp³-hybridized carbons (Fsp3) is 1.00. The average molecular weight is 511 g/mol. The van der Waals surface area contributed by atoms with Crippen LogP contribution in [0.1, 0.15) is 207 Å². The second-order valence-electron chi connectivity index (χ2n) is 12.0. The van der Waals surface area contributed by atoms with Crippen molar-refractivity contribution < 1.29 is 10.2 Å². The molecule has 0 aromatic rings. The highest BCUT2D eigenvalue weighted by Crippen LogP contribution is 2.30. The zero-order valence-corrected chi connectivity index (χ0v) is 25.5. The van der Waals surface area contributed by atoms with Gasteiger partial charge in [-0.3, -0.25) is 0 Å². The first-order valence-corrected chi connectivity index (χ1v) is 17.0. The predicted octanol–water partition coefficient (Wildman–Crippen LogP) is 11.5. The Bertz CT molecular complexity index is 384. The molecule has 0 aliphatic carbocycles. The Labute approximate surface area is 228 Å². The molecule has 218 valence electrons. The van der Waals surface area contributed by atoms with Gasteiger partial charge >= 0.3 is 0 Å². The molecule has 0 aromatic heterocycles. The van der Waals surface area contributed by atoms with Gasteiger partial charge in [-0.05, 0) is 19.3 Å². The van der Waals surface area contributed by atoms with E-state index in [0.717, 1.165) is 38.5 Å². The number of unbranched alkanes of at least 4 members (excludes halogenated alkanes) is 23. The summed E-state index contributed by atoms with van der Waals surface area (Å²) in [5.41, 5.74) is -0.857. The minimum atomic E-state index is -0.857. The Kier molecular flexibility index (Phi) is 27.9. The minimum Gasteiger partial charge on any atom is -0.390 e. The minimum absolute atomic E-state index is 0.541. The average Bonchev–Trinajstić information content (AvgIpc) is 2.88. The summed E-state index contributed by atoms with van der Waals surface area (Å²) in [6, 6.07) is 0. The lowest BCUT2D eigenvalue weighted by Crippen LogP contribution is -2.42. The maximum atomic E-state index is 11.5. The molecular formula is C34H70O2. The van der Waals surface area contributed by atoms with Gasteiger partial charge in [-0.25, -0.2) is 0 Å². The Morgan fingerprint density at radius 1 is 0.389 bits per heavy atom. The van der Waals surface area contributed by atoms with Crippen molar-refractivity contribution in [3.05, 3.63) is 0 Å². The quantitative estimate of drug-likeness (QED) is 0.0943. The van der Waals surface area contributed by atoms with Crippen LogP contribution in [0.2, 0.25) is 0 Å². The molecule has 0 aromatic carbocycles. The SMILES string of the molecule is CCCCCCCCCCCCC(O)(CCCCCCCCCCCC)C(O)CCCCCCCC. The van der Waals surface area contributed by atoms with Crippen LogP contribution in [-0.2, 0) is 0 Å². The van der Waals surface area contributed by atoms with E-state index in [1.807, 2.05) is 0 Å². The molecule has 2 heteroatoms. The first kappa shape index (κ1) is 35.9. The van der Waals surface area contributed by atoms with Crippen LogP contribution in [0.4, 0.5) is 0 Å². The van der Waals surface area contributed by atoms with Crippen LogP contribution in [0.25, 0.3) is 0 Å². The van der Waals surface area contributed by atoms with Gasteiger partial charge in [0.2, 0.25) is 0 Å². The second kappa shape index (κ2) is 27.9. The van der Waals surface area contributed by atoms with E-state index in [9.17, 15) is 10.2 Å². The predicted molar refractivity (Wildman–Crippen MR) is 162 cm³/mol. The first-order chi connectivity index (χ1) is 17.6. The van der Waals surface area contributed by atoms with E-state index in [4.69, 9.17) is 0 Å². The van der Waals surface area contributed by atoms with E-state index >= 15 is 0 Å². The van der Waals surface area contributed by atoms with Crippen LogP contribution in [0, 0.1) is 0 Å². The van der Waals surface area contributed by atoms with Crippen molar-refractivity contribution in [1.82, 2.24) is 0 Å². The largest absolute Gasteiger partial charge is 0.390 e. The number of hydrogen-bond acceptors (Lipinski definition) is 2. The van der Waals surface area contributed by atoms with Crippen LogP contribution in [-0.4, -0.2) is 21.9 Å². The van der Waals surface area contributed by atoms with Gasteiger partial charge in [0.1, 0.15) is 0 Å². The summed E-state index contributed by atoms with van der Waals surface area (Å²) in [5, 5.41) is 22.5. The molecule has 0 radical (unpaired) electrons. The lowest BCUT2D eigenvalue weighted by atomic mass is 9.82. The van der Waals surface area contributed by atoms with E-state index in [-0.39, 0.29) is 0 Å². The van der Waals surface area contributed by atoms with Crippen molar-refractivity contribution in [3.8, 4) is 0 Å². The standard InChI is InChI=1S/C34H70O2/c1-4-7-10-13-16-18-20-22-25-28-31-34(36,33(35)30-27-24-15-12-9-6-3)32-29-26-23-21-19-17-14-11-8-5-2/h33,35-36H,4-32H2,1-3H3. The summed E-state index contributed by atoms with van der Waals surface area (Å²) < 4.78 is 0. The molecule has 0 saturated heterocycles.